The third-order valence-corrected chi connectivity index (χ3v) is 6.50. The summed E-state index contributed by atoms with van der Waals surface area (Å²) in [6.07, 6.45) is 5.38. The van der Waals surface area contributed by atoms with Gasteiger partial charge in [0.2, 0.25) is 0 Å². The molecule has 0 saturated heterocycles. The van der Waals surface area contributed by atoms with Gasteiger partial charge in [0, 0.05) is 45.4 Å². The van der Waals surface area contributed by atoms with E-state index in [-0.39, 0.29) is 0 Å². The van der Waals surface area contributed by atoms with Crippen molar-refractivity contribution in [1.82, 2.24) is 25.4 Å². The van der Waals surface area contributed by atoms with Crippen LogP contribution in [0.2, 0.25) is 0 Å². The molecule has 0 spiro atoms. The van der Waals surface area contributed by atoms with E-state index in [1.54, 1.807) is 12.4 Å². The summed E-state index contributed by atoms with van der Waals surface area (Å²) in [5, 5.41) is 14.4. The average Bonchev–Trinajstić information content (AvgIpc) is 3.37. The first-order valence-corrected chi connectivity index (χ1v) is 11.9. The van der Waals surface area contributed by atoms with E-state index in [1.165, 1.54) is 0 Å². The van der Waals surface area contributed by atoms with Gasteiger partial charge in [0.15, 0.2) is 0 Å². The van der Waals surface area contributed by atoms with Gasteiger partial charge in [-0.2, -0.15) is 0 Å². The lowest BCUT2D eigenvalue weighted by atomic mass is 9.89. The first-order valence-electron chi connectivity index (χ1n) is 11.9. The summed E-state index contributed by atoms with van der Waals surface area (Å²) in [6, 6.07) is 32.1. The maximum atomic E-state index is 6.19. The fourth-order valence-corrected chi connectivity index (χ4v) is 4.92. The molecule has 7 aromatic rings. The number of para-hydroxylation sites is 1. The minimum atomic E-state index is 0.667. The predicted octanol–water partition coefficient (Wildman–Crippen LogP) is 7.23. The number of nitrogens with zero attached hydrogens (tertiary/aromatic N) is 5. The molecular formula is C31H19N5O. The Bertz CT molecular complexity index is 1870. The molecule has 7 rings (SSSR count). The molecule has 0 unspecified atom stereocenters. The molecule has 4 aromatic heterocycles. The van der Waals surface area contributed by atoms with Crippen LogP contribution in [0.3, 0.4) is 0 Å². The molecule has 0 radical (unpaired) electrons. The van der Waals surface area contributed by atoms with Crippen LogP contribution in [0.25, 0.3) is 66.8 Å². The lowest BCUT2D eigenvalue weighted by Crippen LogP contribution is -2.01. The van der Waals surface area contributed by atoms with Crippen molar-refractivity contribution in [3.8, 4) is 44.9 Å². The number of aromatic nitrogens is 5. The smallest absolute Gasteiger partial charge is 0.136 e. The molecule has 6 nitrogen and oxygen atoms in total. The Balaban J connectivity index is 1.64. The molecule has 0 fully saturated rings. The number of fused-ring (bicyclic) bond motifs is 3. The SMILES string of the molecule is c1ccc(-c2cnc(-c3cccc4oc5ccccc5c34)c(-c3ccnnn3)c2-c2ccccn2)cc1. The van der Waals surface area contributed by atoms with E-state index < -0.39 is 0 Å². The summed E-state index contributed by atoms with van der Waals surface area (Å²) in [5.41, 5.74) is 8.63. The number of rotatable bonds is 4. The molecule has 0 saturated carbocycles. The van der Waals surface area contributed by atoms with Crippen LogP contribution in [-0.2, 0) is 0 Å². The van der Waals surface area contributed by atoms with Gasteiger partial charge in [-0.3, -0.25) is 9.97 Å². The maximum Gasteiger partial charge on any atom is 0.136 e. The molecule has 0 aliphatic heterocycles. The van der Waals surface area contributed by atoms with Gasteiger partial charge in [-0.1, -0.05) is 66.7 Å². The minimum Gasteiger partial charge on any atom is -0.456 e. The van der Waals surface area contributed by atoms with Gasteiger partial charge in [-0.15, -0.1) is 10.2 Å². The van der Waals surface area contributed by atoms with Gasteiger partial charge >= 0.3 is 0 Å². The maximum absolute atomic E-state index is 6.19. The van der Waals surface area contributed by atoms with E-state index in [9.17, 15) is 0 Å². The third-order valence-electron chi connectivity index (χ3n) is 6.50. The van der Waals surface area contributed by atoms with Crippen LogP contribution >= 0.6 is 0 Å². The van der Waals surface area contributed by atoms with Crippen LogP contribution in [0.15, 0.2) is 120 Å². The Hall–Kier alpha value is -5.23. The fraction of sp³-hybridized carbons (Fsp3) is 0. The molecule has 174 valence electrons. The average molecular weight is 478 g/mol. The zero-order chi connectivity index (χ0) is 24.6. The molecular weight excluding hydrogens is 458 g/mol. The summed E-state index contributed by atoms with van der Waals surface area (Å²) in [5.74, 6) is 0. The van der Waals surface area contributed by atoms with Crippen molar-refractivity contribution >= 4 is 21.9 Å². The van der Waals surface area contributed by atoms with Crippen molar-refractivity contribution in [3.63, 3.8) is 0 Å². The topological polar surface area (TPSA) is 77.6 Å². The van der Waals surface area contributed by atoms with Crippen molar-refractivity contribution in [2.75, 3.05) is 0 Å². The van der Waals surface area contributed by atoms with Crippen molar-refractivity contribution in [3.05, 3.63) is 116 Å². The Kier molecular flexibility index (Phi) is 5.00. The molecule has 0 amide bonds. The van der Waals surface area contributed by atoms with Crippen LogP contribution in [-0.4, -0.2) is 25.4 Å². The first kappa shape index (κ1) is 21.1. The van der Waals surface area contributed by atoms with Crippen molar-refractivity contribution in [2.45, 2.75) is 0 Å². The Labute approximate surface area is 212 Å². The Morgan fingerprint density at radius 1 is 0.568 bits per heavy atom. The van der Waals surface area contributed by atoms with Crippen LogP contribution in [0.1, 0.15) is 0 Å². The van der Waals surface area contributed by atoms with E-state index >= 15 is 0 Å². The summed E-state index contributed by atoms with van der Waals surface area (Å²) < 4.78 is 6.19. The first-order chi connectivity index (χ1) is 18.4. The highest BCUT2D eigenvalue weighted by Crippen LogP contribution is 2.45. The number of hydrogen-bond donors (Lipinski definition) is 0. The second kappa shape index (κ2) is 8.77. The molecule has 6 heteroatoms. The van der Waals surface area contributed by atoms with E-state index in [0.717, 1.165) is 61.1 Å². The molecule has 0 atom stereocenters. The van der Waals surface area contributed by atoms with Gasteiger partial charge in [0.05, 0.1) is 23.3 Å². The number of pyridine rings is 2. The molecule has 3 aromatic carbocycles. The Morgan fingerprint density at radius 3 is 2.24 bits per heavy atom. The normalized spacial score (nSPS) is 11.2. The molecule has 4 heterocycles. The second-order valence-electron chi connectivity index (χ2n) is 8.63. The minimum absolute atomic E-state index is 0.667. The van der Waals surface area contributed by atoms with Gasteiger partial charge < -0.3 is 4.42 Å². The van der Waals surface area contributed by atoms with Gasteiger partial charge in [-0.05, 0) is 41.1 Å². The Morgan fingerprint density at radius 2 is 1.41 bits per heavy atom. The van der Waals surface area contributed by atoms with Crippen LogP contribution in [0, 0.1) is 0 Å². The highest BCUT2D eigenvalue weighted by molar-refractivity contribution is 6.14. The van der Waals surface area contributed by atoms with E-state index in [0.29, 0.717) is 5.69 Å². The van der Waals surface area contributed by atoms with Crippen LogP contribution in [0.4, 0.5) is 0 Å². The molecule has 0 aliphatic rings. The number of hydrogen-bond acceptors (Lipinski definition) is 6. The van der Waals surface area contributed by atoms with Crippen molar-refractivity contribution in [1.29, 1.82) is 0 Å². The molecule has 0 bridgehead atoms. The zero-order valence-electron chi connectivity index (χ0n) is 19.6. The summed E-state index contributed by atoms with van der Waals surface area (Å²) >= 11 is 0. The summed E-state index contributed by atoms with van der Waals surface area (Å²) in [6.45, 7) is 0. The van der Waals surface area contributed by atoms with Gasteiger partial charge in [0.25, 0.3) is 0 Å². The third kappa shape index (κ3) is 3.54. The van der Waals surface area contributed by atoms with Crippen molar-refractivity contribution in [2.24, 2.45) is 0 Å². The van der Waals surface area contributed by atoms with E-state index in [1.807, 2.05) is 79.0 Å². The largest absolute Gasteiger partial charge is 0.456 e. The lowest BCUT2D eigenvalue weighted by Gasteiger charge is -2.18. The highest BCUT2D eigenvalue weighted by atomic mass is 16.3. The predicted molar refractivity (Wildman–Crippen MR) is 144 cm³/mol. The standard InChI is InChI=1S/C31H19N5O/c1-2-9-20(10-3-1)23-19-33-31(22-12-8-15-27-28(22)21-11-4-5-14-26(21)37-27)30(25-16-18-34-36-35-25)29(23)24-13-6-7-17-32-24/h1-19H. The number of furan rings is 1. The summed E-state index contributed by atoms with van der Waals surface area (Å²) in [4.78, 5) is 9.81. The van der Waals surface area contributed by atoms with Gasteiger partial charge in [-0.25, -0.2) is 0 Å². The van der Waals surface area contributed by atoms with Crippen LogP contribution < -0.4 is 0 Å². The fourth-order valence-electron chi connectivity index (χ4n) is 4.92. The van der Waals surface area contributed by atoms with E-state index in [2.05, 4.69) is 39.7 Å². The van der Waals surface area contributed by atoms with Crippen molar-refractivity contribution < 1.29 is 4.42 Å². The van der Waals surface area contributed by atoms with Crippen LogP contribution in [0.5, 0.6) is 0 Å². The lowest BCUT2D eigenvalue weighted by molar-refractivity contribution is 0.669. The monoisotopic (exact) mass is 477 g/mol. The zero-order valence-corrected chi connectivity index (χ0v) is 19.6. The summed E-state index contributed by atoms with van der Waals surface area (Å²) in [7, 11) is 0. The molecule has 0 N–H and O–H groups in total. The molecule has 37 heavy (non-hydrogen) atoms. The quantitative estimate of drug-likeness (QED) is 0.266. The number of benzene rings is 3. The second-order valence-corrected chi connectivity index (χ2v) is 8.63. The highest BCUT2D eigenvalue weighted by Gasteiger charge is 2.24. The van der Waals surface area contributed by atoms with Gasteiger partial charge in [0.1, 0.15) is 11.2 Å². The molecule has 0 aliphatic carbocycles. The van der Waals surface area contributed by atoms with E-state index in [4.69, 9.17) is 14.4 Å².